The number of benzene rings is 1. The lowest BCUT2D eigenvalue weighted by Crippen LogP contribution is -2.45. The second-order valence-electron chi connectivity index (χ2n) is 8.65. The van der Waals surface area contributed by atoms with Gasteiger partial charge < -0.3 is 21.2 Å². The van der Waals surface area contributed by atoms with Crippen LogP contribution < -0.4 is 16.4 Å². The van der Waals surface area contributed by atoms with Crippen molar-refractivity contribution in [2.24, 2.45) is 11.7 Å². The van der Waals surface area contributed by atoms with Gasteiger partial charge in [0.25, 0.3) is 5.91 Å². The van der Waals surface area contributed by atoms with E-state index < -0.39 is 11.4 Å². The number of hydrogen-bond acceptors (Lipinski definition) is 4. The number of nitrogens with one attached hydrogen (secondary N) is 2. The Morgan fingerprint density at radius 3 is 2.52 bits per heavy atom. The smallest absolute Gasteiger partial charge is 0.254 e. The molecule has 0 spiro atoms. The normalized spacial score (nSPS) is 23.1. The Bertz CT molecular complexity index is 981. The Hall–Kier alpha value is -3.18. The van der Waals surface area contributed by atoms with Crippen LogP contribution in [-0.2, 0) is 16.9 Å². The van der Waals surface area contributed by atoms with Crippen LogP contribution in [0.4, 0.5) is 5.82 Å². The molecule has 2 aromatic rings. The summed E-state index contributed by atoms with van der Waals surface area (Å²) < 4.78 is 1.71. The number of carbonyl (C=O) groups excluding carboxylic acids is 2. The maximum atomic E-state index is 12.2. The second kappa shape index (κ2) is 8.90. The van der Waals surface area contributed by atoms with Gasteiger partial charge in [-0.2, -0.15) is 5.10 Å². The van der Waals surface area contributed by atoms with E-state index in [1.165, 1.54) is 5.56 Å². The zero-order chi connectivity index (χ0) is 21.8. The number of hydrogen-bond donors (Lipinski definition) is 3. The van der Waals surface area contributed by atoms with Gasteiger partial charge in [-0.05, 0) is 44.1 Å². The van der Waals surface area contributed by atoms with Crippen molar-refractivity contribution in [2.75, 3.05) is 11.9 Å². The van der Waals surface area contributed by atoms with E-state index >= 15 is 0 Å². The summed E-state index contributed by atoms with van der Waals surface area (Å²) in [6.45, 7) is 8.57. The van der Waals surface area contributed by atoms with Crippen LogP contribution >= 0.6 is 0 Å². The molecule has 2 amide bonds. The first kappa shape index (κ1) is 21.1. The zero-order valence-corrected chi connectivity index (χ0v) is 17.5. The molecule has 0 radical (unpaired) electrons. The Morgan fingerprint density at radius 2 is 1.90 bits per heavy atom. The van der Waals surface area contributed by atoms with Crippen LogP contribution in [0.1, 0.15) is 54.4 Å². The minimum Gasteiger partial charge on any atom is -0.365 e. The quantitative estimate of drug-likeness (QED) is 0.571. The molecular weight excluding hydrogens is 392 g/mol. The van der Waals surface area contributed by atoms with Crippen LogP contribution in [0.25, 0.3) is 4.85 Å². The van der Waals surface area contributed by atoms with Crippen molar-refractivity contribution < 1.29 is 9.59 Å². The summed E-state index contributed by atoms with van der Waals surface area (Å²) in [4.78, 5) is 27.8. The molecule has 0 unspecified atom stereocenters. The maximum absolute atomic E-state index is 12.2. The van der Waals surface area contributed by atoms with E-state index in [4.69, 9.17) is 12.3 Å². The summed E-state index contributed by atoms with van der Waals surface area (Å²) >= 11 is 0. The first-order valence-electron chi connectivity index (χ1n) is 10.8. The summed E-state index contributed by atoms with van der Waals surface area (Å²) in [5.74, 6) is -0.554. The molecular formula is C23H28N6O2. The zero-order valence-electron chi connectivity index (χ0n) is 17.5. The van der Waals surface area contributed by atoms with Crippen molar-refractivity contribution in [1.82, 2.24) is 15.1 Å². The number of nitrogens with zero attached hydrogens (tertiary/aromatic N) is 3. The molecule has 2 fully saturated rings. The van der Waals surface area contributed by atoms with Crippen LogP contribution in [0.2, 0.25) is 0 Å². The summed E-state index contributed by atoms with van der Waals surface area (Å²) in [6.07, 6.45) is 6.65. The van der Waals surface area contributed by atoms with Crippen molar-refractivity contribution in [1.29, 1.82) is 0 Å². The number of anilines is 1. The molecule has 162 valence electrons. The summed E-state index contributed by atoms with van der Waals surface area (Å²) in [6, 6.07) is 10.6. The average molecular weight is 421 g/mol. The highest BCUT2D eigenvalue weighted by Crippen LogP contribution is 2.37. The SMILES string of the molecule is [C-]#[N+]CC1(n2cc(C(N)=O)c(NC(=O)C3CC3)n2)CCC(NCc2ccccc2)CC1. The molecule has 4 rings (SSSR count). The molecule has 1 heterocycles. The van der Waals surface area contributed by atoms with Gasteiger partial charge in [-0.15, -0.1) is 0 Å². The van der Waals surface area contributed by atoms with Crippen LogP contribution in [0.5, 0.6) is 0 Å². The van der Waals surface area contributed by atoms with Crippen LogP contribution in [0.3, 0.4) is 0 Å². The van der Waals surface area contributed by atoms with E-state index in [1.54, 1.807) is 10.9 Å². The van der Waals surface area contributed by atoms with Gasteiger partial charge in [0.1, 0.15) is 11.1 Å². The minimum absolute atomic E-state index is 0.00536. The van der Waals surface area contributed by atoms with Crippen LogP contribution in [-0.4, -0.2) is 34.2 Å². The standard InChI is InChI=1S/C23H28N6O2/c1-25-15-23(11-9-18(10-12-23)26-13-16-5-3-2-4-6-16)29-14-19(20(24)30)21(28-29)27-22(31)17-7-8-17/h2-6,14,17-18,26H,7-13,15H2,(H2,24,30)(H,27,28,31). The highest BCUT2D eigenvalue weighted by molar-refractivity contribution is 6.02. The lowest BCUT2D eigenvalue weighted by atomic mass is 9.79. The van der Waals surface area contributed by atoms with Gasteiger partial charge >= 0.3 is 0 Å². The number of rotatable bonds is 8. The lowest BCUT2D eigenvalue weighted by molar-refractivity contribution is -0.117. The fraction of sp³-hybridized carbons (Fsp3) is 0.478. The molecule has 31 heavy (non-hydrogen) atoms. The summed E-state index contributed by atoms with van der Waals surface area (Å²) in [7, 11) is 0. The van der Waals surface area contributed by atoms with Gasteiger partial charge in [-0.3, -0.25) is 14.3 Å². The third-order valence-electron chi connectivity index (χ3n) is 6.38. The molecule has 1 aromatic carbocycles. The van der Waals surface area contributed by atoms with Crippen molar-refractivity contribution in [3.63, 3.8) is 0 Å². The first-order valence-corrected chi connectivity index (χ1v) is 10.8. The molecule has 0 aliphatic heterocycles. The van der Waals surface area contributed by atoms with Crippen molar-refractivity contribution in [3.05, 3.63) is 59.1 Å². The largest absolute Gasteiger partial charge is 0.365 e. The fourth-order valence-corrected chi connectivity index (χ4v) is 4.28. The number of primary amides is 1. The van der Waals surface area contributed by atoms with E-state index in [0.29, 0.717) is 6.04 Å². The predicted octanol–water partition coefficient (Wildman–Crippen LogP) is 2.68. The van der Waals surface area contributed by atoms with Crippen LogP contribution in [0.15, 0.2) is 36.5 Å². The fourth-order valence-electron chi connectivity index (χ4n) is 4.28. The Balaban J connectivity index is 1.47. The van der Waals surface area contributed by atoms with Gasteiger partial charge in [0, 0.05) is 24.7 Å². The van der Waals surface area contributed by atoms with Gasteiger partial charge in [-0.25, -0.2) is 6.57 Å². The summed E-state index contributed by atoms with van der Waals surface area (Å²) in [5, 5.41) is 10.9. The molecule has 0 saturated heterocycles. The van der Waals surface area contributed by atoms with E-state index in [9.17, 15) is 9.59 Å². The van der Waals surface area contributed by atoms with Crippen molar-refractivity contribution in [2.45, 2.75) is 56.7 Å². The van der Waals surface area contributed by atoms with Crippen molar-refractivity contribution in [3.8, 4) is 0 Å². The average Bonchev–Trinajstić information content (AvgIpc) is 3.54. The second-order valence-corrected chi connectivity index (χ2v) is 8.65. The van der Waals surface area contributed by atoms with E-state index in [1.807, 2.05) is 18.2 Å². The molecule has 2 aliphatic carbocycles. The van der Waals surface area contributed by atoms with Crippen molar-refractivity contribution >= 4 is 17.6 Å². The van der Waals surface area contributed by atoms with E-state index in [0.717, 1.165) is 45.1 Å². The lowest BCUT2D eigenvalue weighted by Gasteiger charge is -2.37. The first-order chi connectivity index (χ1) is 15.0. The van der Waals surface area contributed by atoms with Gasteiger partial charge in [0.05, 0.1) is 0 Å². The molecule has 0 atom stereocenters. The molecule has 1 aromatic heterocycles. The topological polar surface area (TPSA) is 106 Å². The van der Waals surface area contributed by atoms with Gasteiger partial charge in [0.2, 0.25) is 12.5 Å². The molecule has 4 N–H and O–H groups in total. The van der Waals surface area contributed by atoms with Crippen LogP contribution in [0, 0.1) is 12.5 Å². The third kappa shape index (κ3) is 4.78. The monoisotopic (exact) mass is 420 g/mol. The highest BCUT2D eigenvalue weighted by Gasteiger charge is 2.42. The van der Waals surface area contributed by atoms with Gasteiger partial charge in [0.15, 0.2) is 5.82 Å². The number of nitrogens with two attached hydrogens (primary N) is 1. The molecule has 2 saturated carbocycles. The number of amides is 2. The summed E-state index contributed by atoms with van der Waals surface area (Å²) in [5.41, 5.74) is 6.49. The maximum Gasteiger partial charge on any atom is 0.254 e. The Morgan fingerprint density at radius 1 is 1.19 bits per heavy atom. The molecule has 8 heteroatoms. The molecule has 8 nitrogen and oxygen atoms in total. The minimum atomic E-state index is -0.631. The Labute approximate surface area is 182 Å². The molecule has 2 aliphatic rings. The highest BCUT2D eigenvalue weighted by atomic mass is 16.2. The van der Waals surface area contributed by atoms with Gasteiger partial charge in [-0.1, -0.05) is 30.3 Å². The third-order valence-corrected chi connectivity index (χ3v) is 6.38. The predicted molar refractivity (Wildman–Crippen MR) is 117 cm³/mol. The molecule has 0 bridgehead atoms. The Kier molecular flexibility index (Phi) is 6.05. The number of aromatic nitrogens is 2. The van der Waals surface area contributed by atoms with E-state index in [-0.39, 0.29) is 29.8 Å². The number of carbonyl (C=O) groups is 2. The van der Waals surface area contributed by atoms with E-state index in [2.05, 4.69) is 32.7 Å².